The smallest absolute Gasteiger partial charge is 0.490 e. The zero-order chi connectivity index (χ0) is 31.8. The van der Waals surface area contributed by atoms with Crippen molar-refractivity contribution in [3.8, 4) is 11.5 Å². The molecule has 3 aromatic carbocycles. The summed E-state index contributed by atoms with van der Waals surface area (Å²) in [5.74, 6) is -1.38. The number of hydrogen-bond donors (Lipinski definition) is 3. The van der Waals surface area contributed by atoms with Crippen LogP contribution in [0.1, 0.15) is 40.3 Å². The Morgan fingerprint density at radius 3 is 2.34 bits per heavy atom. The number of H-pyrrole nitrogens is 1. The summed E-state index contributed by atoms with van der Waals surface area (Å²) in [6, 6.07) is 18.7. The van der Waals surface area contributed by atoms with E-state index in [2.05, 4.69) is 83.0 Å². The Labute approximate surface area is 251 Å². The summed E-state index contributed by atoms with van der Waals surface area (Å²) < 4.78 is 42.7. The van der Waals surface area contributed by atoms with Crippen LogP contribution < -0.4 is 14.8 Å². The van der Waals surface area contributed by atoms with Crippen molar-refractivity contribution < 1.29 is 37.3 Å². The van der Waals surface area contributed by atoms with E-state index in [1.165, 1.54) is 5.56 Å². The van der Waals surface area contributed by atoms with Gasteiger partial charge in [-0.25, -0.2) is 4.79 Å². The molecule has 1 spiro atoms. The van der Waals surface area contributed by atoms with Gasteiger partial charge < -0.3 is 24.8 Å². The van der Waals surface area contributed by atoms with Gasteiger partial charge in [-0.1, -0.05) is 42.5 Å². The molecule has 230 valence electrons. The molecule has 2 heterocycles. The zero-order valence-corrected chi connectivity index (χ0v) is 24.5. The first-order valence-corrected chi connectivity index (χ1v) is 13.6. The summed E-state index contributed by atoms with van der Waals surface area (Å²) in [4.78, 5) is 24.2. The monoisotopic (exact) mass is 608 g/mol. The van der Waals surface area contributed by atoms with Gasteiger partial charge in [0, 0.05) is 29.6 Å². The fourth-order valence-electron chi connectivity index (χ4n) is 5.60. The lowest BCUT2D eigenvalue weighted by Crippen LogP contribution is -2.21. The summed E-state index contributed by atoms with van der Waals surface area (Å²) in [5, 5.41) is 19.0. The van der Waals surface area contributed by atoms with Crippen molar-refractivity contribution in [2.75, 3.05) is 33.6 Å². The topological polar surface area (TPSA) is 117 Å². The molecule has 44 heavy (non-hydrogen) atoms. The summed E-state index contributed by atoms with van der Waals surface area (Å²) in [7, 11) is 7.35. The third-order valence-electron chi connectivity index (χ3n) is 7.79. The molecule has 2 unspecified atom stereocenters. The van der Waals surface area contributed by atoms with Crippen LogP contribution >= 0.6 is 0 Å². The number of carbonyl (C=O) groups is 2. The first-order chi connectivity index (χ1) is 20.9. The minimum absolute atomic E-state index is 0.0349. The second-order valence-corrected chi connectivity index (χ2v) is 11.0. The van der Waals surface area contributed by atoms with E-state index in [4.69, 9.17) is 19.4 Å². The predicted molar refractivity (Wildman–Crippen MR) is 160 cm³/mol. The number of nitrogens with one attached hydrogen (secondary N) is 2. The highest BCUT2D eigenvalue weighted by Crippen LogP contribution is 2.66. The van der Waals surface area contributed by atoms with E-state index in [-0.39, 0.29) is 11.8 Å². The number of rotatable bonds is 7. The average molecular weight is 609 g/mol. The molecule has 2 atom stereocenters. The van der Waals surface area contributed by atoms with Gasteiger partial charge in [-0.2, -0.15) is 18.3 Å². The molecule has 1 aliphatic heterocycles. The molecule has 3 N–H and O–H groups in total. The number of carbonyl (C=O) groups excluding carboxylic acids is 1. The summed E-state index contributed by atoms with van der Waals surface area (Å²) in [5.41, 5.74) is 6.61. The van der Waals surface area contributed by atoms with Gasteiger partial charge in [-0.15, -0.1) is 0 Å². The molecule has 0 radical (unpaired) electrons. The van der Waals surface area contributed by atoms with Gasteiger partial charge in [0.2, 0.25) is 5.91 Å². The average Bonchev–Trinajstić information content (AvgIpc) is 3.52. The highest BCUT2D eigenvalue weighted by molar-refractivity contribution is 6.10. The fraction of sp³-hybridized carbons (Fsp3) is 0.281. The molecule has 9 nitrogen and oxygen atoms in total. The predicted octanol–water partition coefficient (Wildman–Crippen LogP) is 5.82. The maximum absolute atomic E-state index is 13.1. The Morgan fingerprint density at radius 2 is 1.73 bits per heavy atom. The number of anilines is 1. The maximum atomic E-state index is 13.1. The van der Waals surface area contributed by atoms with E-state index in [9.17, 15) is 18.0 Å². The van der Waals surface area contributed by atoms with Gasteiger partial charge in [-0.3, -0.25) is 9.89 Å². The lowest BCUT2D eigenvalue weighted by molar-refractivity contribution is -0.192. The lowest BCUT2D eigenvalue weighted by Gasteiger charge is -2.13. The lowest BCUT2D eigenvalue weighted by atomic mass is 9.91. The van der Waals surface area contributed by atoms with Gasteiger partial charge in [0.05, 0.1) is 30.8 Å². The van der Waals surface area contributed by atoms with Gasteiger partial charge in [-0.05, 0) is 61.0 Å². The van der Waals surface area contributed by atoms with Gasteiger partial charge in [0.25, 0.3) is 0 Å². The van der Waals surface area contributed by atoms with Crippen molar-refractivity contribution in [3.05, 3.63) is 82.5 Å². The summed E-state index contributed by atoms with van der Waals surface area (Å²) >= 11 is 0. The first kappa shape index (κ1) is 30.6. The second kappa shape index (κ2) is 11.7. The number of ether oxygens (including phenoxy) is 2. The number of hydrogen-bond acceptors (Lipinski definition) is 6. The van der Waals surface area contributed by atoms with E-state index in [1.807, 2.05) is 18.2 Å². The van der Waals surface area contributed by atoms with E-state index in [1.54, 1.807) is 14.2 Å². The molecule has 1 aliphatic carbocycles. The van der Waals surface area contributed by atoms with Crippen molar-refractivity contribution in [2.24, 2.45) is 0 Å². The number of alkyl halides is 3. The summed E-state index contributed by atoms with van der Waals surface area (Å²) in [6.07, 6.45) is -0.198. The molecule has 1 fully saturated rings. The molecule has 0 saturated heterocycles. The molecule has 1 amide bonds. The van der Waals surface area contributed by atoms with Crippen LogP contribution in [0, 0.1) is 0 Å². The number of amides is 1. The maximum Gasteiger partial charge on any atom is 0.490 e. The van der Waals surface area contributed by atoms with Crippen LogP contribution in [-0.2, 0) is 21.5 Å². The quantitative estimate of drug-likeness (QED) is 0.242. The number of fused-ring (bicyclic) bond motifs is 3. The van der Waals surface area contributed by atoms with Gasteiger partial charge in [0.15, 0.2) is 11.5 Å². The van der Waals surface area contributed by atoms with Crippen molar-refractivity contribution in [2.45, 2.75) is 30.5 Å². The molecular weight excluding hydrogens is 577 g/mol. The first-order valence-electron chi connectivity index (χ1n) is 13.6. The number of halogens is 3. The molecule has 1 saturated carbocycles. The standard InChI is InChI=1S/C30H30N4O3.C2HF3O2/c1-34(2)17-19-7-5-18(6-8-19)9-12-24-21-11-10-20(13-25(21)33-32-24)23-16-30(23)22-14-27(36-3)28(37-4)15-26(22)31-29(30)35;3-2(4,5)1(6)7/h5-15,23H,16-17H2,1-4H3,(H,31,35)(H,32,33);(H,6,7)/b12-9+;. The van der Waals surface area contributed by atoms with Crippen LogP contribution in [0.5, 0.6) is 11.5 Å². The van der Waals surface area contributed by atoms with Gasteiger partial charge >= 0.3 is 12.1 Å². The minimum atomic E-state index is -5.08. The highest BCUT2D eigenvalue weighted by atomic mass is 19.4. The number of carboxylic acid groups (broad SMARTS) is 1. The SMILES string of the molecule is COc1cc2c(cc1OC)C1(CC1c1ccc3c(/C=C/c4ccc(CN(C)C)cc4)n[nH]c3c1)C(=O)N2.O=C(O)C(F)(F)F. The van der Waals surface area contributed by atoms with E-state index >= 15 is 0 Å². The third-order valence-corrected chi connectivity index (χ3v) is 7.79. The highest BCUT2D eigenvalue weighted by Gasteiger charge is 2.65. The van der Waals surface area contributed by atoms with Crippen molar-refractivity contribution in [3.63, 3.8) is 0 Å². The van der Waals surface area contributed by atoms with Crippen LogP contribution in [-0.4, -0.2) is 66.6 Å². The summed E-state index contributed by atoms with van der Waals surface area (Å²) in [6.45, 7) is 0.924. The second-order valence-electron chi connectivity index (χ2n) is 11.0. The van der Waals surface area contributed by atoms with Crippen LogP contribution in [0.3, 0.4) is 0 Å². The third kappa shape index (κ3) is 5.85. The van der Waals surface area contributed by atoms with Crippen LogP contribution in [0.4, 0.5) is 18.9 Å². The number of carboxylic acids is 1. The van der Waals surface area contributed by atoms with Crippen molar-refractivity contribution in [1.29, 1.82) is 0 Å². The molecule has 2 aliphatic rings. The van der Waals surface area contributed by atoms with Crippen molar-refractivity contribution >= 4 is 40.6 Å². The van der Waals surface area contributed by atoms with Gasteiger partial charge in [0.1, 0.15) is 0 Å². The number of benzene rings is 3. The fourth-order valence-corrected chi connectivity index (χ4v) is 5.60. The Morgan fingerprint density at radius 1 is 1.07 bits per heavy atom. The van der Waals surface area contributed by atoms with E-state index in [0.29, 0.717) is 11.5 Å². The largest absolute Gasteiger partial charge is 0.493 e. The molecule has 0 bridgehead atoms. The number of aromatic amines is 1. The molecule has 4 aromatic rings. The Hall–Kier alpha value is -4.84. The molecule has 1 aromatic heterocycles. The molecule has 6 rings (SSSR count). The Balaban J connectivity index is 0.000000493. The van der Waals surface area contributed by atoms with E-state index < -0.39 is 17.6 Å². The number of aliphatic carboxylic acids is 1. The number of aromatic nitrogens is 2. The minimum Gasteiger partial charge on any atom is -0.493 e. The Bertz CT molecular complexity index is 1750. The Kier molecular flexibility index (Phi) is 8.13. The van der Waals surface area contributed by atoms with Crippen LogP contribution in [0.25, 0.3) is 23.1 Å². The number of nitrogens with zero attached hydrogens (tertiary/aromatic N) is 2. The van der Waals surface area contributed by atoms with Crippen molar-refractivity contribution in [1.82, 2.24) is 15.1 Å². The van der Waals surface area contributed by atoms with Crippen LogP contribution in [0.15, 0.2) is 54.6 Å². The van der Waals surface area contributed by atoms with E-state index in [0.717, 1.165) is 51.9 Å². The zero-order valence-electron chi connectivity index (χ0n) is 24.5. The molecular formula is C32H31F3N4O5. The molecule has 12 heteroatoms. The van der Waals surface area contributed by atoms with Crippen LogP contribution in [0.2, 0.25) is 0 Å². The number of methoxy groups -OCH3 is 2. The normalized spacial score (nSPS) is 18.7.